The van der Waals surface area contributed by atoms with Gasteiger partial charge < -0.3 is 15.2 Å². The molecule has 2 N–H and O–H groups in total. The third kappa shape index (κ3) is 3.83. The number of fused-ring (bicyclic) bond motifs is 1. The highest BCUT2D eigenvalue weighted by Crippen LogP contribution is 2.51. The maximum Gasteiger partial charge on any atom is 0.231 e. The number of anilines is 1. The first-order chi connectivity index (χ1) is 16.2. The van der Waals surface area contributed by atoms with E-state index in [0.717, 1.165) is 15.6 Å². The van der Waals surface area contributed by atoms with Crippen LogP contribution in [0.4, 0.5) is 5.13 Å². The fourth-order valence-corrected chi connectivity index (χ4v) is 6.80. The number of hydrogen-bond donors (Lipinski definition) is 1. The standard InChI is InChI=1S/C24H25N5O3S2/c1-12(2)33-23-28-27-22(34-23)29-15-8-24(3,4)9-16(30)20(15)19(14(10-25)21(29)26)13-5-6-17-18(7-13)32-11-31-17/h5-7,12,19H,8-9,11,26H2,1-4H3. The number of carbonyl (C=O) groups excluding carboxylic acids is 1. The highest BCUT2D eigenvalue weighted by Gasteiger charge is 2.45. The number of hydrogen-bond acceptors (Lipinski definition) is 10. The van der Waals surface area contributed by atoms with Crippen molar-refractivity contribution in [3.8, 4) is 17.6 Å². The molecule has 5 rings (SSSR count). The molecule has 0 saturated carbocycles. The van der Waals surface area contributed by atoms with E-state index in [4.69, 9.17) is 15.2 Å². The molecule has 0 spiro atoms. The molecule has 0 fully saturated rings. The van der Waals surface area contributed by atoms with Gasteiger partial charge in [0.2, 0.25) is 11.9 Å². The van der Waals surface area contributed by atoms with Crippen LogP contribution in [0.15, 0.2) is 45.2 Å². The summed E-state index contributed by atoms with van der Waals surface area (Å²) in [6, 6.07) is 7.82. The number of rotatable bonds is 4. The van der Waals surface area contributed by atoms with E-state index in [0.29, 0.717) is 45.9 Å². The molecule has 1 aromatic carbocycles. The summed E-state index contributed by atoms with van der Waals surface area (Å²) < 4.78 is 11.8. The average Bonchev–Trinajstić information content (AvgIpc) is 3.40. The molecule has 10 heteroatoms. The molecule has 2 aliphatic heterocycles. The van der Waals surface area contributed by atoms with E-state index >= 15 is 0 Å². The van der Waals surface area contributed by atoms with E-state index in [1.807, 2.05) is 18.2 Å². The van der Waals surface area contributed by atoms with Crippen molar-refractivity contribution in [3.05, 3.63) is 46.4 Å². The minimum absolute atomic E-state index is 0.0143. The number of aromatic nitrogens is 2. The molecule has 1 aromatic heterocycles. The Kier molecular flexibility index (Phi) is 5.57. The van der Waals surface area contributed by atoms with Crippen LogP contribution >= 0.6 is 23.1 Å². The number of allylic oxidation sites excluding steroid dienone is 3. The van der Waals surface area contributed by atoms with Gasteiger partial charge in [-0.2, -0.15) is 5.26 Å². The van der Waals surface area contributed by atoms with Gasteiger partial charge in [-0.05, 0) is 29.5 Å². The Hall–Kier alpha value is -3.03. The monoisotopic (exact) mass is 495 g/mol. The van der Waals surface area contributed by atoms with Crippen molar-refractivity contribution in [2.75, 3.05) is 11.7 Å². The quantitative estimate of drug-likeness (QED) is 0.602. The molecule has 34 heavy (non-hydrogen) atoms. The molecular weight excluding hydrogens is 470 g/mol. The zero-order valence-electron chi connectivity index (χ0n) is 19.4. The molecule has 0 bridgehead atoms. The van der Waals surface area contributed by atoms with Gasteiger partial charge in [-0.3, -0.25) is 9.69 Å². The number of carbonyl (C=O) groups is 1. The predicted molar refractivity (Wildman–Crippen MR) is 131 cm³/mol. The molecule has 1 aliphatic carbocycles. The van der Waals surface area contributed by atoms with Gasteiger partial charge in [0, 0.05) is 22.9 Å². The van der Waals surface area contributed by atoms with E-state index in [-0.39, 0.29) is 23.8 Å². The van der Waals surface area contributed by atoms with Crippen LogP contribution in [0.5, 0.6) is 11.5 Å². The molecule has 1 atom stereocenters. The highest BCUT2D eigenvalue weighted by molar-refractivity contribution is 8.01. The second-order valence-corrected chi connectivity index (χ2v) is 12.4. The van der Waals surface area contributed by atoms with Crippen molar-refractivity contribution in [2.45, 2.75) is 56.0 Å². The summed E-state index contributed by atoms with van der Waals surface area (Å²) in [4.78, 5) is 15.4. The Balaban J connectivity index is 1.69. The Morgan fingerprint density at radius 3 is 2.76 bits per heavy atom. The number of nitrogens with two attached hydrogens (primary N) is 1. The summed E-state index contributed by atoms with van der Waals surface area (Å²) in [5.41, 5.74) is 8.90. The van der Waals surface area contributed by atoms with Crippen LogP contribution in [0, 0.1) is 16.7 Å². The fourth-order valence-electron chi connectivity index (χ4n) is 4.70. The zero-order valence-corrected chi connectivity index (χ0v) is 21.0. The lowest BCUT2D eigenvalue weighted by Gasteiger charge is -2.42. The Morgan fingerprint density at radius 2 is 2.03 bits per heavy atom. The second-order valence-electron chi connectivity index (χ2n) is 9.61. The zero-order chi connectivity index (χ0) is 24.2. The lowest BCUT2D eigenvalue weighted by molar-refractivity contribution is -0.118. The molecule has 2 aromatic rings. The van der Waals surface area contributed by atoms with E-state index in [1.54, 1.807) is 16.7 Å². The number of nitriles is 1. The molecule has 8 nitrogen and oxygen atoms in total. The Morgan fingerprint density at radius 1 is 1.26 bits per heavy atom. The smallest absolute Gasteiger partial charge is 0.231 e. The fraction of sp³-hybridized carbons (Fsp3) is 0.417. The first-order valence-corrected chi connectivity index (χ1v) is 12.7. The van der Waals surface area contributed by atoms with Crippen LogP contribution in [0.1, 0.15) is 52.0 Å². The summed E-state index contributed by atoms with van der Waals surface area (Å²) in [5, 5.41) is 19.8. The first-order valence-electron chi connectivity index (χ1n) is 11.0. The Labute approximate surface area is 206 Å². The molecule has 176 valence electrons. The summed E-state index contributed by atoms with van der Waals surface area (Å²) in [6.07, 6.45) is 1.02. The van der Waals surface area contributed by atoms with E-state index in [1.165, 1.54) is 11.3 Å². The van der Waals surface area contributed by atoms with Crippen molar-refractivity contribution >= 4 is 34.0 Å². The third-order valence-electron chi connectivity index (χ3n) is 6.03. The minimum Gasteiger partial charge on any atom is -0.454 e. The normalized spacial score (nSPS) is 21.2. The molecule has 3 heterocycles. The van der Waals surface area contributed by atoms with Gasteiger partial charge >= 0.3 is 0 Å². The van der Waals surface area contributed by atoms with Gasteiger partial charge in [0.15, 0.2) is 21.6 Å². The van der Waals surface area contributed by atoms with Crippen molar-refractivity contribution in [1.29, 1.82) is 5.26 Å². The number of thioether (sulfide) groups is 1. The SMILES string of the molecule is CC(C)Sc1nnc(N2C(N)=C(C#N)C(c3ccc4c(c3)OCO4)C3=C2CC(C)(C)CC3=O)s1. The molecule has 1 unspecified atom stereocenters. The van der Waals surface area contributed by atoms with Gasteiger partial charge in [-0.15, -0.1) is 10.2 Å². The van der Waals surface area contributed by atoms with E-state index in [2.05, 4.69) is 44.0 Å². The number of ketones is 1. The third-order valence-corrected chi connectivity index (χ3v) is 8.03. The van der Waals surface area contributed by atoms with Gasteiger partial charge in [0.1, 0.15) is 5.82 Å². The molecule has 0 amide bonds. The maximum atomic E-state index is 13.6. The van der Waals surface area contributed by atoms with Crippen LogP contribution < -0.4 is 20.1 Å². The topological polar surface area (TPSA) is 114 Å². The average molecular weight is 496 g/mol. The first kappa shape index (κ1) is 22.7. The van der Waals surface area contributed by atoms with Crippen LogP contribution in [0.2, 0.25) is 0 Å². The van der Waals surface area contributed by atoms with Crippen LogP contribution in [0.25, 0.3) is 0 Å². The number of benzene rings is 1. The van der Waals surface area contributed by atoms with Crippen LogP contribution in [0.3, 0.4) is 0 Å². The molecule has 0 saturated heterocycles. The van der Waals surface area contributed by atoms with Gasteiger partial charge in [-0.1, -0.05) is 56.9 Å². The molecule has 0 radical (unpaired) electrons. The van der Waals surface area contributed by atoms with E-state index < -0.39 is 5.92 Å². The van der Waals surface area contributed by atoms with Crippen molar-refractivity contribution in [2.24, 2.45) is 11.1 Å². The minimum atomic E-state index is -0.577. The molecular formula is C24H25N5O3S2. The Bertz CT molecular complexity index is 1290. The number of nitrogens with zero attached hydrogens (tertiary/aromatic N) is 4. The van der Waals surface area contributed by atoms with Gasteiger partial charge in [-0.25, -0.2) is 0 Å². The maximum absolute atomic E-state index is 13.6. The summed E-state index contributed by atoms with van der Waals surface area (Å²) in [6.45, 7) is 8.47. The van der Waals surface area contributed by atoms with Crippen molar-refractivity contribution in [1.82, 2.24) is 10.2 Å². The molecule has 3 aliphatic rings. The summed E-state index contributed by atoms with van der Waals surface area (Å²) in [5.74, 6) is 0.964. The van der Waals surface area contributed by atoms with Crippen molar-refractivity contribution in [3.63, 3.8) is 0 Å². The number of Topliss-reactive ketones (excluding diaryl/α,β-unsaturated/α-hetero) is 1. The van der Waals surface area contributed by atoms with E-state index in [9.17, 15) is 10.1 Å². The van der Waals surface area contributed by atoms with Gasteiger partial charge in [0.25, 0.3) is 0 Å². The number of ether oxygens (including phenoxy) is 2. The van der Waals surface area contributed by atoms with Gasteiger partial charge in [0.05, 0.1) is 17.6 Å². The predicted octanol–water partition coefficient (Wildman–Crippen LogP) is 4.71. The van der Waals surface area contributed by atoms with Crippen LogP contribution in [-0.2, 0) is 4.79 Å². The largest absolute Gasteiger partial charge is 0.454 e. The highest BCUT2D eigenvalue weighted by atomic mass is 32.2. The second kappa shape index (κ2) is 8.32. The lowest BCUT2D eigenvalue weighted by Crippen LogP contribution is -2.42. The lowest BCUT2D eigenvalue weighted by atomic mass is 9.68. The van der Waals surface area contributed by atoms with Crippen molar-refractivity contribution < 1.29 is 14.3 Å². The summed E-state index contributed by atoms with van der Waals surface area (Å²) >= 11 is 3.03. The summed E-state index contributed by atoms with van der Waals surface area (Å²) in [7, 11) is 0. The van der Waals surface area contributed by atoms with Crippen LogP contribution in [-0.4, -0.2) is 28.0 Å².